The molecule has 0 unspecified atom stereocenters. The first-order valence-electron chi connectivity index (χ1n) is 3.80. The minimum Gasteiger partial charge on any atom is -0.497 e. The largest absolute Gasteiger partial charge is 0.497 e. The Balaban J connectivity index is 2.84. The molecule has 60 valence electrons. The molecule has 0 aromatic heterocycles. The van der Waals surface area contributed by atoms with Crippen LogP contribution in [0.15, 0.2) is 30.8 Å². The summed E-state index contributed by atoms with van der Waals surface area (Å²) in [4.78, 5) is 0. The van der Waals surface area contributed by atoms with Gasteiger partial charge >= 0.3 is 0 Å². The lowest BCUT2D eigenvalue weighted by molar-refractivity contribution is 0.371. The van der Waals surface area contributed by atoms with Gasteiger partial charge in [-0.15, -0.1) is 0 Å². The van der Waals surface area contributed by atoms with Crippen molar-refractivity contribution in [2.45, 2.75) is 6.32 Å². The molecule has 1 aromatic carbocycles. The van der Waals surface area contributed by atoms with E-state index >= 15 is 0 Å². The molecule has 0 aliphatic heterocycles. The molecule has 2 radical (unpaired) electrons. The van der Waals surface area contributed by atoms with Gasteiger partial charge in [-0.25, -0.2) is 0 Å². The van der Waals surface area contributed by atoms with Crippen LogP contribution < -0.4 is 0 Å². The van der Waals surface area contributed by atoms with Gasteiger partial charge in [0, 0.05) is 5.56 Å². The molecule has 1 aromatic rings. The highest BCUT2D eigenvalue weighted by atomic mass is 16.5. The van der Waals surface area contributed by atoms with Gasteiger partial charge in [0.25, 0.3) is 0 Å². The maximum Gasteiger partial charge on any atom is 0.118 e. The second kappa shape index (κ2) is 4.00. The van der Waals surface area contributed by atoms with Gasteiger partial charge in [-0.3, -0.25) is 0 Å². The van der Waals surface area contributed by atoms with E-state index in [1.807, 2.05) is 24.3 Å². The first-order valence-corrected chi connectivity index (χ1v) is 3.80. The normalized spacial score (nSPS) is 9.42. The summed E-state index contributed by atoms with van der Waals surface area (Å²) in [5.41, 5.74) is 2.11. The van der Waals surface area contributed by atoms with Crippen molar-refractivity contribution in [1.29, 1.82) is 0 Å². The molecule has 0 aliphatic rings. The van der Waals surface area contributed by atoms with E-state index in [0.717, 1.165) is 11.1 Å². The van der Waals surface area contributed by atoms with Crippen LogP contribution in [0, 0.1) is 0 Å². The Morgan fingerprint density at radius 2 is 2.00 bits per heavy atom. The molecule has 0 saturated carbocycles. The third kappa shape index (κ3) is 1.91. The molecule has 2 heteroatoms. The van der Waals surface area contributed by atoms with Crippen LogP contribution in [0.25, 0.3) is 5.76 Å². The SMILES string of the molecule is [B]Cc1ccc(C(=C)OC)cc1. The van der Waals surface area contributed by atoms with Gasteiger partial charge in [0.15, 0.2) is 0 Å². The molecule has 0 N–H and O–H groups in total. The predicted octanol–water partition coefficient (Wildman–Crippen LogP) is 1.97. The van der Waals surface area contributed by atoms with Crippen LogP contribution in [0.5, 0.6) is 0 Å². The smallest absolute Gasteiger partial charge is 0.118 e. The molecular weight excluding hydrogens is 147 g/mol. The zero-order valence-electron chi connectivity index (χ0n) is 7.21. The number of benzene rings is 1. The molecule has 0 aliphatic carbocycles. The van der Waals surface area contributed by atoms with Crippen molar-refractivity contribution in [3.63, 3.8) is 0 Å². The fourth-order valence-corrected chi connectivity index (χ4v) is 0.945. The third-order valence-corrected chi connectivity index (χ3v) is 1.76. The molecular formula is C10H11BO. The van der Waals surface area contributed by atoms with Gasteiger partial charge in [-0.05, 0) is 0 Å². The van der Waals surface area contributed by atoms with Crippen molar-refractivity contribution in [2.75, 3.05) is 7.11 Å². The molecule has 0 saturated heterocycles. The molecule has 1 rings (SSSR count). The van der Waals surface area contributed by atoms with Crippen LogP contribution in [0.4, 0.5) is 0 Å². The van der Waals surface area contributed by atoms with E-state index in [9.17, 15) is 0 Å². The van der Waals surface area contributed by atoms with Gasteiger partial charge in [-0.1, -0.05) is 42.7 Å². The second-order valence-electron chi connectivity index (χ2n) is 2.53. The highest BCUT2D eigenvalue weighted by molar-refractivity contribution is 6.08. The van der Waals surface area contributed by atoms with Crippen molar-refractivity contribution >= 4 is 13.6 Å². The number of hydrogen-bond donors (Lipinski definition) is 0. The Morgan fingerprint density at radius 3 is 2.42 bits per heavy atom. The summed E-state index contributed by atoms with van der Waals surface area (Å²) in [5, 5.41) is 0. The van der Waals surface area contributed by atoms with Gasteiger partial charge in [-0.2, -0.15) is 0 Å². The zero-order chi connectivity index (χ0) is 8.97. The van der Waals surface area contributed by atoms with Crippen molar-refractivity contribution in [2.24, 2.45) is 0 Å². The topological polar surface area (TPSA) is 9.23 Å². The first kappa shape index (κ1) is 8.92. The van der Waals surface area contributed by atoms with E-state index in [2.05, 4.69) is 6.58 Å². The summed E-state index contributed by atoms with van der Waals surface area (Å²) in [6.07, 6.45) is 0.569. The average Bonchev–Trinajstić information content (AvgIpc) is 2.17. The summed E-state index contributed by atoms with van der Waals surface area (Å²) in [5.74, 6) is 0.679. The number of rotatable bonds is 3. The zero-order valence-corrected chi connectivity index (χ0v) is 7.21. The molecule has 12 heavy (non-hydrogen) atoms. The molecule has 0 atom stereocenters. The minimum atomic E-state index is 0.569. The number of ether oxygens (including phenoxy) is 1. The Kier molecular flexibility index (Phi) is 2.97. The summed E-state index contributed by atoms with van der Waals surface area (Å²) in [7, 11) is 7.07. The summed E-state index contributed by atoms with van der Waals surface area (Å²) in [6.45, 7) is 3.75. The summed E-state index contributed by atoms with van der Waals surface area (Å²) >= 11 is 0. The lowest BCUT2D eigenvalue weighted by Crippen LogP contribution is -1.87. The van der Waals surface area contributed by atoms with Gasteiger partial charge < -0.3 is 4.74 Å². The summed E-state index contributed by atoms with van der Waals surface area (Å²) in [6, 6.07) is 7.85. The monoisotopic (exact) mass is 158 g/mol. The average molecular weight is 158 g/mol. The first-order chi connectivity index (χ1) is 5.77. The van der Waals surface area contributed by atoms with E-state index < -0.39 is 0 Å². The standard InChI is InChI=1S/C10H11BO/c1-8(12-2)10-5-3-9(7-11)4-6-10/h3-6H,1,7H2,2H3. The minimum absolute atomic E-state index is 0.569. The van der Waals surface area contributed by atoms with Crippen LogP contribution in [-0.2, 0) is 11.1 Å². The fraction of sp³-hybridized carbons (Fsp3) is 0.200. The molecule has 0 amide bonds. The maximum atomic E-state index is 5.45. The van der Waals surface area contributed by atoms with Crippen molar-refractivity contribution < 1.29 is 4.74 Å². The lowest BCUT2D eigenvalue weighted by Gasteiger charge is -2.04. The van der Waals surface area contributed by atoms with E-state index in [4.69, 9.17) is 12.6 Å². The highest BCUT2D eigenvalue weighted by Gasteiger charge is 1.96. The molecule has 0 bridgehead atoms. The number of methoxy groups -OCH3 is 1. The Labute approximate surface area is 74.5 Å². The van der Waals surface area contributed by atoms with Crippen LogP contribution in [0.1, 0.15) is 11.1 Å². The second-order valence-corrected chi connectivity index (χ2v) is 2.53. The predicted molar refractivity (Wildman–Crippen MR) is 51.9 cm³/mol. The van der Waals surface area contributed by atoms with Crippen LogP contribution in [-0.4, -0.2) is 15.0 Å². The maximum absolute atomic E-state index is 5.45. The van der Waals surface area contributed by atoms with Gasteiger partial charge in [0.2, 0.25) is 0 Å². The van der Waals surface area contributed by atoms with E-state index in [0.29, 0.717) is 12.1 Å². The Bertz CT molecular complexity index is 264. The van der Waals surface area contributed by atoms with Crippen molar-refractivity contribution in [3.05, 3.63) is 42.0 Å². The molecule has 0 spiro atoms. The Morgan fingerprint density at radius 1 is 1.42 bits per heavy atom. The number of hydrogen-bond acceptors (Lipinski definition) is 1. The Hall–Kier alpha value is -1.18. The highest BCUT2D eigenvalue weighted by Crippen LogP contribution is 2.13. The fourth-order valence-electron chi connectivity index (χ4n) is 0.945. The molecule has 0 heterocycles. The van der Waals surface area contributed by atoms with Gasteiger partial charge in [0.05, 0.1) is 15.0 Å². The third-order valence-electron chi connectivity index (χ3n) is 1.76. The van der Waals surface area contributed by atoms with Crippen LogP contribution in [0.3, 0.4) is 0 Å². The van der Waals surface area contributed by atoms with E-state index in [-0.39, 0.29) is 0 Å². The van der Waals surface area contributed by atoms with E-state index in [1.165, 1.54) is 0 Å². The van der Waals surface area contributed by atoms with E-state index in [1.54, 1.807) is 7.11 Å². The quantitative estimate of drug-likeness (QED) is 0.482. The molecule has 1 nitrogen and oxygen atoms in total. The molecule has 0 fully saturated rings. The van der Waals surface area contributed by atoms with Crippen LogP contribution in [0.2, 0.25) is 0 Å². The van der Waals surface area contributed by atoms with Crippen molar-refractivity contribution in [1.82, 2.24) is 0 Å². The van der Waals surface area contributed by atoms with Crippen molar-refractivity contribution in [3.8, 4) is 0 Å². The summed E-state index contributed by atoms with van der Waals surface area (Å²) < 4.78 is 4.98. The van der Waals surface area contributed by atoms with Gasteiger partial charge in [0.1, 0.15) is 5.76 Å². The van der Waals surface area contributed by atoms with Crippen LogP contribution >= 0.6 is 0 Å². The lowest BCUT2D eigenvalue weighted by atomic mass is 9.96.